The summed E-state index contributed by atoms with van der Waals surface area (Å²) >= 11 is 3.25. The topological polar surface area (TPSA) is 45.2 Å². The number of thiazole rings is 1. The average Bonchev–Trinajstić information content (AvgIpc) is 3.10. The standard InChI is InChI=1S/C14H17N3OS2/c1-10-9-20-14(15-10)16-13(18)8-17-6-2-4-11(17)12-5-3-7-19-12/h3,5,7,9,11H,2,4,6,8H2,1H3,(H,15,16,18). The molecule has 1 aliphatic heterocycles. The van der Waals surface area contributed by atoms with E-state index in [1.165, 1.54) is 16.2 Å². The van der Waals surface area contributed by atoms with E-state index in [1.54, 1.807) is 11.3 Å². The van der Waals surface area contributed by atoms with Gasteiger partial charge in [-0.25, -0.2) is 4.98 Å². The van der Waals surface area contributed by atoms with Crippen LogP contribution >= 0.6 is 22.7 Å². The van der Waals surface area contributed by atoms with Crippen molar-refractivity contribution in [2.24, 2.45) is 0 Å². The molecule has 3 rings (SSSR count). The summed E-state index contributed by atoms with van der Waals surface area (Å²) in [5.41, 5.74) is 0.947. The molecule has 0 saturated carbocycles. The molecule has 4 nitrogen and oxygen atoms in total. The van der Waals surface area contributed by atoms with E-state index in [0.717, 1.165) is 25.1 Å². The molecule has 1 fully saturated rings. The number of hydrogen-bond donors (Lipinski definition) is 1. The molecule has 20 heavy (non-hydrogen) atoms. The Morgan fingerprint density at radius 1 is 1.55 bits per heavy atom. The highest BCUT2D eigenvalue weighted by Gasteiger charge is 2.28. The number of aryl methyl sites for hydroxylation is 1. The number of nitrogens with one attached hydrogen (secondary N) is 1. The van der Waals surface area contributed by atoms with Crippen LogP contribution in [0.15, 0.2) is 22.9 Å². The Morgan fingerprint density at radius 2 is 2.45 bits per heavy atom. The van der Waals surface area contributed by atoms with Crippen molar-refractivity contribution in [2.45, 2.75) is 25.8 Å². The fourth-order valence-corrected chi connectivity index (χ4v) is 4.17. The lowest BCUT2D eigenvalue weighted by Crippen LogP contribution is -2.32. The van der Waals surface area contributed by atoms with E-state index in [2.05, 4.69) is 32.7 Å². The summed E-state index contributed by atoms with van der Waals surface area (Å²) < 4.78 is 0. The van der Waals surface area contributed by atoms with E-state index in [1.807, 2.05) is 12.3 Å². The van der Waals surface area contributed by atoms with Gasteiger partial charge in [-0.2, -0.15) is 0 Å². The molecule has 1 saturated heterocycles. The highest BCUT2D eigenvalue weighted by molar-refractivity contribution is 7.13. The fourth-order valence-electron chi connectivity index (χ4n) is 2.57. The minimum atomic E-state index is 0.0304. The summed E-state index contributed by atoms with van der Waals surface area (Å²) in [7, 11) is 0. The van der Waals surface area contributed by atoms with Gasteiger partial charge in [-0.3, -0.25) is 9.69 Å². The third-order valence-corrected chi connectivity index (χ3v) is 5.30. The van der Waals surface area contributed by atoms with E-state index >= 15 is 0 Å². The molecule has 0 spiro atoms. The smallest absolute Gasteiger partial charge is 0.240 e. The number of hydrogen-bond acceptors (Lipinski definition) is 5. The van der Waals surface area contributed by atoms with Crippen LogP contribution in [0.4, 0.5) is 5.13 Å². The number of carbonyl (C=O) groups is 1. The summed E-state index contributed by atoms with van der Waals surface area (Å²) in [6.45, 7) is 3.37. The Hall–Kier alpha value is -1.24. The molecule has 2 aromatic heterocycles. The van der Waals surface area contributed by atoms with Gasteiger partial charge in [0.15, 0.2) is 5.13 Å². The van der Waals surface area contributed by atoms with Gasteiger partial charge in [-0.15, -0.1) is 22.7 Å². The number of rotatable bonds is 4. The first-order chi connectivity index (χ1) is 9.72. The van der Waals surface area contributed by atoms with Crippen molar-refractivity contribution in [1.82, 2.24) is 9.88 Å². The molecule has 6 heteroatoms. The highest BCUT2D eigenvalue weighted by atomic mass is 32.1. The van der Waals surface area contributed by atoms with E-state index in [9.17, 15) is 4.79 Å². The molecule has 1 unspecified atom stereocenters. The Labute approximate surface area is 126 Å². The Kier molecular flexibility index (Phi) is 4.14. The zero-order chi connectivity index (χ0) is 13.9. The van der Waals surface area contributed by atoms with Crippen LogP contribution in [0.25, 0.3) is 0 Å². The molecular formula is C14H17N3OS2. The molecule has 106 valence electrons. The van der Waals surface area contributed by atoms with Gasteiger partial charge in [0.25, 0.3) is 0 Å². The third-order valence-electron chi connectivity index (χ3n) is 3.45. The Bertz CT molecular complexity index is 579. The second-order valence-electron chi connectivity index (χ2n) is 4.99. The van der Waals surface area contributed by atoms with Gasteiger partial charge < -0.3 is 5.32 Å². The van der Waals surface area contributed by atoms with Crippen LogP contribution in [0.3, 0.4) is 0 Å². The fraction of sp³-hybridized carbons (Fsp3) is 0.429. The molecule has 1 amide bonds. The summed E-state index contributed by atoms with van der Waals surface area (Å²) in [6, 6.07) is 4.64. The van der Waals surface area contributed by atoms with Crippen molar-refractivity contribution in [1.29, 1.82) is 0 Å². The molecule has 0 bridgehead atoms. The van der Waals surface area contributed by atoms with Crippen LogP contribution in [0.2, 0.25) is 0 Å². The zero-order valence-corrected chi connectivity index (χ0v) is 13.0. The van der Waals surface area contributed by atoms with Crippen molar-refractivity contribution in [2.75, 3.05) is 18.4 Å². The van der Waals surface area contributed by atoms with Gasteiger partial charge in [-0.05, 0) is 37.8 Å². The molecular weight excluding hydrogens is 290 g/mol. The number of likely N-dealkylation sites (tertiary alicyclic amines) is 1. The first kappa shape index (κ1) is 13.7. The summed E-state index contributed by atoms with van der Waals surface area (Å²) in [5.74, 6) is 0.0304. The number of thiophene rings is 1. The van der Waals surface area contributed by atoms with Crippen molar-refractivity contribution in [3.8, 4) is 0 Å². The number of amides is 1. The number of nitrogens with zero attached hydrogens (tertiary/aromatic N) is 2. The maximum atomic E-state index is 12.1. The van der Waals surface area contributed by atoms with Gasteiger partial charge in [0.2, 0.25) is 5.91 Å². The molecule has 0 aromatic carbocycles. The molecule has 1 atom stereocenters. The molecule has 3 heterocycles. The quantitative estimate of drug-likeness (QED) is 0.943. The monoisotopic (exact) mass is 307 g/mol. The molecule has 1 N–H and O–H groups in total. The normalized spacial score (nSPS) is 19.4. The van der Waals surface area contributed by atoms with Crippen molar-refractivity contribution >= 4 is 33.7 Å². The first-order valence-corrected chi connectivity index (χ1v) is 8.48. The van der Waals surface area contributed by atoms with Gasteiger partial charge >= 0.3 is 0 Å². The van der Waals surface area contributed by atoms with Gasteiger partial charge in [0.1, 0.15) is 0 Å². The van der Waals surface area contributed by atoms with Crippen molar-refractivity contribution in [3.05, 3.63) is 33.5 Å². The van der Waals surface area contributed by atoms with Crippen LogP contribution in [-0.4, -0.2) is 28.9 Å². The second kappa shape index (κ2) is 6.03. The largest absolute Gasteiger partial charge is 0.301 e. The van der Waals surface area contributed by atoms with E-state index < -0.39 is 0 Å². The second-order valence-corrected chi connectivity index (χ2v) is 6.82. The van der Waals surface area contributed by atoms with E-state index in [4.69, 9.17) is 0 Å². The van der Waals surface area contributed by atoms with E-state index in [0.29, 0.717) is 17.7 Å². The zero-order valence-electron chi connectivity index (χ0n) is 11.3. The van der Waals surface area contributed by atoms with Crippen LogP contribution in [0.5, 0.6) is 0 Å². The lowest BCUT2D eigenvalue weighted by atomic mass is 10.2. The van der Waals surface area contributed by atoms with Crippen LogP contribution in [0, 0.1) is 6.92 Å². The lowest BCUT2D eigenvalue weighted by molar-refractivity contribution is -0.117. The SMILES string of the molecule is Cc1csc(NC(=O)CN2CCCC2c2cccs2)n1. The minimum absolute atomic E-state index is 0.0304. The number of anilines is 1. The number of carbonyl (C=O) groups excluding carboxylic acids is 1. The summed E-state index contributed by atoms with van der Waals surface area (Å²) in [4.78, 5) is 20.0. The van der Waals surface area contributed by atoms with Gasteiger partial charge in [-0.1, -0.05) is 6.07 Å². The lowest BCUT2D eigenvalue weighted by Gasteiger charge is -2.22. The average molecular weight is 307 g/mol. The Morgan fingerprint density at radius 3 is 3.15 bits per heavy atom. The van der Waals surface area contributed by atoms with Crippen LogP contribution < -0.4 is 5.32 Å². The highest BCUT2D eigenvalue weighted by Crippen LogP contribution is 2.34. The van der Waals surface area contributed by atoms with Crippen LogP contribution in [0.1, 0.15) is 29.5 Å². The minimum Gasteiger partial charge on any atom is -0.301 e. The first-order valence-electron chi connectivity index (χ1n) is 6.72. The molecule has 1 aliphatic rings. The van der Waals surface area contributed by atoms with Crippen molar-refractivity contribution in [3.63, 3.8) is 0 Å². The molecule has 0 aliphatic carbocycles. The van der Waals surface area contributed by atoms with Crippen LogP contribution in [-0.2, 0) is 4.79 Å². The van der Waals surface area contributed by atoms with Gasteiger partial charge in [0, 0.05) is 16.3 Å². The van der Waals surface area contributed by atoms with E-state index in [-0.39, 0.29) is 5.91 Å². The maximum Gasteiger partial charge on any atom is 0.240 e. The van der Waals surface area contributed by atoms with Gasteiger partial charge in [0.05, 0.1) is 12.2 Å². The number of aromatic nitrogens is 1. The molecule has 0 radical (unpaired) electrons. The summed E-state index contributed by atoms with van der Waals surface area (Å²) in [5, 5.41) is 7.63. The van der Waals surface area contributed by atoms with Crippen molar-refractivity contribution < 1.29 is 4.79 Å². The predicted octanol–water partition coefficient (Wildman–Crippen LogP) is 3.29. The molecule has 2 aromatic rings. The predicted molar refractivity (Wildman–Crippen MR) is 83.3 cm³/mol. The summed E-state index contributed by atoms with van der Waals surface area (Å²) in [6.07, 6.45) is 2.30. The maximum absolute atomic E-state index is 12.1. The Balaban J connectivity index is 1.60. The third kappa shape index (κ3) is 3.08.